The minimum absolute atomic E-state index is 0.158. The van der Waals surface area contributed by atoms with E-state index in [1.165, 1.54) is 12.3 Å². The van der Waals surface area contributed by atoms with E-state index in [1.54, 1.807) is 6.07 Å². The van der Waals surface area contributed by atoms with Gasteiger partial charge in [-0.1, -0.05) is 31.5 Å². The number of furan rings is 1. The number of rotatable bonds is 5. The Bertz CT molecular complexity index is 1520. The molecule has 6 rings (SSSR count). The smallest absolute Gasteiger partial charge is 0.259 e. The highest BCUT2D eigenvalue weighted by Gasteiger charge is 2.36. The molecule has 2 aliphatic rings. The van der Waals surface area contributed by atoms with E-state index in [2.05, 4.69) is 15.2 Å². The number of imide groups is 1. The zero-order valence-corrected chi connectivity index (χ0v) is 19.5. The van der Waals surface area contributed by atoms with Crippen molar-refractivity contribution in [1.82, 2.24) is 15.2 Å². The first-order chi connectivity index (χ1) is 17.1. The molecule has 178 valence electrons. The quantitative estimate of drug-likeness (QED) is 0.403. The maximum atomic E-state index is 15.3. The summed E-state index contributed by atoms with van der Waals surface area (Å²) in [5, 5.41) is 7.37. The first-order valence-electron chi connectivity index (χ1n) is 12.2. The Hall–Kier alpha value is -3.71. The van der Waals surface area contributed by atoms with E-state index in [4.69, 9.17) is 4.42 Å². The minimum Gasteiger partial charge on any atom is -0.464 e. The Morgan fingerprint density at radius 1 is 1.03 bits per heavy atom. The maximum absolute atomic E-state index is 15.3. The van der Waals surface area contributed by atoms with Gasteiger partial charge in [-0.2, -0.15) is 0 Å². The van der Waals surface area contributed by atoms with E-state index in [0.29, 0.717) is 40.1 Å². The number of amides is 2. The van der Waals surface area contributed by atoms with E-state index in [1.807, 2.05) is 37.4 Å². The number of para-hydroxylation sites is 1. The van der Waals surface area contributed by atoms with Crippen molar-refractivity contribution in [3.63, 3.8) is 0 Å². The molecule has 2 N–H and O–H groups in total. The maximum Gasteiger partial charge on any atom is 0.259 e. The zero-order chi connectivity index (χ0) is 24.1. The number of hydrogen-bond donors (Lipinski definition) is 2. The molecule has 4 heterocycles. The largest absolute Gasteiger partial charge is 0.464 e. The van der Waals surface area contributed by atoms with E-state index < -0.39 is 17.6 Å². The first kappa shape index (κ1) is 21.8. The summed E-state index contributed by atoms with van der Waals surface area (Å²) in [5.41, 5.74) is 3.41. The van der Waals surface area contributed by atoms with Crippen molar-refractivity contribution >= 4 is 44.8 Å². The van der Waals surface area contributed by atoms with Crippen LogP contribution in [0.1, 0.15) is 48.9 Å². The van der Waals surface area contributed by atoms with Gasteiger partial charge in [-0.05, 0) is 56.1 Å². The minimum atomic E-state index is -0.538. The summed E-state index contributed by atoms with van der Waals surface area (Å²) in [6.45, 7) is 3.85. The average molecular weight is 472 g/mol. The van der Waals surface area contributed by atoms with Crippen molar-refractivity contribution < 1.29 is 18.4 Å². The van der Waals surface area contributed by atoms with Crippen LogP contribution in [-0.2, 0) is 16.0 Å². The number of benzene rings is 2. The van der Waals surface area contributed by atoms with Crippen LogP contribution in [0.4, 0.5) is 4.39 Å². The summed E-state index contributed by atoms with van der Waals surface area (Å²) >= 11 is 0. The van der Waals surface area contributed by atoms with Crippen molar-refractivity contribution in [2.24, 2.45) is 0 Å². The van der Waals surface area contributed by atoms with Gasteiger partial charge < -0.3 is 14.3 Å². The fourth-order valence-corrected chi connectivity index (χ4v) is 5.61. The highest BCUT2D eigenvalue weighted by Crippen LogP contribution is 2.41. The lowest BCUT2D eigenvalue weighted by molar-refractivity contribution is -0.122. The van der Waals surface area contributed by atoms with Crippen molar-refractivity contribution in [2.45, 2.75) is 38.6 Å². The van der Waals surface area contributed by atoms with Crippen LogP contribution in [0.25, 0.3) is 33.0 Å². The van der Waals surface area contributed by atoms with Crippen LogP contribution >= 0.6 is 0 Å². The SMILES string of the molecule is CCCc1c(F)cc(C2=C(c3cn(C4CCNCC4)c4ccccc34)C(=O)NC2=O)c2occc12. The normalized spacial score (nSPS) is 17.2. The van der Waals surface area contributed by atoms with Crippen LogP contribution < -0.4 is 10.6 Å². The molecular formula is C28H26FN3O3. The molecular weight excluding hydrogens is 445 g/mol. The number of carbonyl (C=O) groups excluding carboxylic acids is 2. The van der Waals surface area contributed by atoms with Crippen LogP contribution in [0, 0.1) is 5.82 Å². The Morgan fingerprint density at radius 2 is 1.77 bits per heavy atom. The van der Waals surface area contributed by atoms with Gasteiger partial charge in [0.05, 0.1) is 17.4 Å². The average Bonchev–Trinajstić information content (AvgIpc) is 3.57. The number of hydrogen-bond acceptors (Lipinski definition) is 4. The highest BCUT2D eigenvalue weighted by atomic mass is 19.1. The monoisotopic (exact) mass is 471 g/mol. The highest BCUT2D eigenvalue weighted by molar-refractivity contribution is 6.50. The molecule has 6 nitrogen and oxygen atoms in total. The van der Waals surface area contributed by atoms with E-state index in [-0.39, 0.29) is 11.1 Å². The van der Waals surface area contributed by atoms with Gasteiger partial charge in [-0.25, -0.2) is 4.39 Å². The van der Waals surface area contributed by atoms with Crippen molar-refractivity contribution in [3.8, 4) is 0 Å². The lowest BCUT2D eigenvalue weighted by Crippen LogP contribution is -2.29. The molecule has 1 saturated heterocycles. The number of aromatic nitrogens is 1. The van der Waals surface area contributed by atoms with Gasteiger partial charge in [0.25, 0.3) is 11.8 Å². The standard InChI is InChI=1S/C28H26FN3O3/c1-2-5-17-19-10-13-35-26(19)20(14-22(17)29)24-25(28(34)31-27(24)33)21-15-32(16-8-11-30-12-9-16)23-7-4-3-6-18(21)23/h3-4,6-7,10,13-16,30H,2,5,8-9,11-12H2,1H3,(H,31,33,34). The Morgan fingerprint density at radius 3 is 2.54 bits per heavy atom. The van der Waals surface area contributed by atoms with Crippen molar-refractivity contribution in [2.75, 3.05) is 13.1 Å². The van der Waals surface area contributed by atoms with E-state index in [0.717, 1.165) is 43.3 Å². The number of fused-ring (bicyclic) bond motifs is 2. The second-order valence-corrected chi connectivity index (χ2v) is 9.28. The summed E-state index contributed by atoms with van der Waals surface area (Å²) in [4.78, 5) is 26.3. The van der Waals surface area contributed by atoms with Gasteiger partial charge in [-0.3, -0.25) is 14.9 Å². The molecule has 35 heavy (non-hydrogen) atoms. The van der Waals surface area contributed by atoms with Gasteiger partial charge in [0.1, 0.15) is 11.4 Å². The molecule has 7 heteroatoms. The third-order valence-corrected chi connectivity index (χ3v) is 7.21. The molecule has 0 radical (unpaired) electrons. The molecule has 0 saturated carbocycles. The number of nitrogens with one attached hydrogen (secondary N) is 2. The van der Waals surface area contributed by atoms with E-state index in [9.17, 15) is 9.59 Å². The molecule has 2 aliphatic heterocycles. The van der Waals surface area contributed by atoms with Gasteiger partial charge >= 0.3 is 0 Å². The number of halogens is 1. The van der Waals surface area contributed by atoms with Crippen molar-refractivity contribution in [1.29, 1.82) is 0 Å². The molecule has 2 aromatic carbocycles. The second-order valence-electron chi connectivity index (χ2n) is 9.28. The number of piperidine rings is 1. The summed E-state index contributed by atoms with van der Waals surface area (Å²) in [6, 6.07) is 11.3. The lowest BCUT2D eigenvalue weighted by Gasteiger charge is -2.25. The predicted molar refractivity (Wildman–Crippen MR) is 133 cm³/mol. The van der Waals surface area contributed by atoms with Crippen LogP contribution in [0.3, 0.4) is 0 Å². The molecule has 2 aromatic heterocycles. The summed E-state index contributed by atoms with van der Waals surface area (Å²) in [7, 11) is 0. The van der Waals surface area contributed by atoms with Crippen molar-refractivity contribution in [3.05, 3.63) is 71.4 Å². The van der Waals surface area contributed by atoms with E-state index >= 15 is 4.39 Å². The van der Waals surface area contributed by atoms with Crippen LogP contribution in [-0.4, -0.2) is 29.5 Å². The van der Waals surface area contributed by atoms with Crippen LogP contribution in [0.5, 0.6) is 0 Å². The zero-order valence-electron chi connectivity index (χ0n) is 19.5. The topological polar surface area (TPSA) is 76.3 Å². The fraction of sp³-hybridized carbons (Fsp3) is 0.286. The summed E-state index contributed by atoms with van der Waals surface area (Å²) in [5.74, 6) is -1.41. The Labute approximate surface area is 201 Å². The first-order valence-corrected chi connectivity index (χ1v) is 12.2. The van der Waals surface area contributed by atoms with Crippen LogP contribution in [0.15, 0.2) is 53.3 Å². The molecule has 0 aliphatic carbocycles. The Balaban J connectivity index is 1.62. The third-order valence-electron chi connectivity index (χ3n) is 7.21. The van der Waals surface area contributed by atoms with Gasteiger partial charge in [0.2, 0.25) is 0 Å². The molecule has 0 spiro atoms. The van der Waals surface area contributed by atoms with Gasteiger partial charge in [-0.15, -0.1) is 0 Å². The van der Waals surface area contributed by atoms with Gasteiger partial charge in [0, 0.05) is 39.7 Å². The number of carbonyl (C=O) groups is 2. The molecule has 4 aromatic rings. The second kappa shape index (κ2) is 8.50. The predicted octanol–water partition coefficient (Wildman–Crippen LogP) is 4.97. The molecule has 0 atom stereocenters. The number of nitrogens with zero attached hydrogens (tertiary/aromatic N) is 1. The summed E-state index contributed by atoms with van der Waals surface area (Å²) < 4.78 is 23.2. The molecule has 0 unspecified atom stereocenters. The molecule has 2 amide bonds. The molecule has 1 fully saturated rings. The Kier molecular flexibility index (Phi) is 5.29. The lowest BCUT2D eigenvalue weighted by atomic mass is 9.92. The fourth-order valence-electron chi connectivity index (χ4n) is 5.61. The van der Waals surface area contributed by atoms with Gasteiger partial charge in [0.15, 0.2) is 0 Å². The number of aryl methyl sites for hydroxylation is 1. The summed E-state index contributed by atoms with van der Waals surface area (Å²) in [6.07, 6.45) is 6.78. The molecule has 0 bridgehead atoms. The third kappa shape index (κ3) is 3.41. The van der Waals surface area contributed by atoms with Crippen LogP contribution in [0.2, 0.25) is 0 Å².